The monoisotopic (exact) mass is 227 g/mol. The molecule has 0 saturated carbocycles. The lowest BCUT2D eigenvalue weighted by molar-refractivity contribution is 0.0845. The van der Waals surface area contributed by atoms with Crippen LogP contribution in [0.4, 0.5) is 5.69 Å². The zero-order chi connectivity index (χ0) is 12.0. The molecule has 2 aromatic carbocycles. The highest BCUT2D eigenvalue weighted by Gasteiger charge is 2.24. The van der Waals surface area contributed by atoms with Crippen LogP contribution in [0.2, 0.25) is 0 Å². The Morgan fingerprint density at radius 2 is 1.82 bits per heavy atom. The van der Waals surface area contributed by atoms with Gasteiger partial charge in [-0.25, -0.2) is 0 Å². The van der Waals surface area contributed by atoms with Gasteiger partial charge in [-0.05, 0) is 23.6 Å². The second kappa shape index (κ2) is 3.29. The summed E-state index contributed by atoms with van der Waals surface area (Å²) < 4.78 is 0. The van der Waals surface area contributed by atoms with Gasteiger partial charge in [0.2, 0.25) is 0 Å². The van der Waals surface area contributed by atoms with Crippen LogP contribution >= 0.6 is 0 Å². The molecule has 5 nitrogen and oxygen atoms in total. The van der Waals surface area contributed by atoms with Crippen LogP contribution in [0.1, 0.15) is 20.7 Å². The molecule has 0 atom stereocenters. The first-order valence-electron chi connectivity index (χ1n) is 5.10. The third-order valence-corrected chi connectivity index (χ3v) is 2.86. The van der Waals surface area contributed by atoms with Gasteiger partial charge in [-0.15, -0.1) is 0 Å². The molecule has 3 rings (SSSR count). The first-order valence-corrected chi connectivity index (χ1v) is 5.10. The van der Waals surface area contributed by atoms with Gasteiger partial charge in [0.25, 0.3) is 11.8 Å². The van der Waals surface area contributed by atoms with Crippen LogP contribution in [-0.4, -0.2) is 11.8 Å². The third kappa shape index (κ3) is 1.29. The molecule has 0 saturated heterocycles. The maximum atomic E-state index is 11.8. The maximum Gasteiger partial charge on any atom is 0.258 e. The number of carbonyl (C=O) groups is 2. The summed E-state index contributed by atoms with van der Waals surface area (Å²) in [4.78, 5) is 23.4. The minimum Gasteiger partial charge on any atom is -0.324 e. The molecule has 0 unspecified atom stereocenters. The average molecular weight is 227 g/mol. The van der Waals surface area contributed by atoms with E-state index in [1.54, 1.807) is 24.3 Å². The van der Waals surface area contributed by atoms with E-state index in [1.165, 1.54) is 0 Å². The summed E-state index contributed by atoms with van der Waals surface area (Å²) in [5, 5.41) is 3.80. The molecular weight excluding hydrogens is 218 g/mol. The molecule has 5 heteroatoms. The van der Waals surface area contributed by atoms with Crippen molar-refractivity contribution in [2.24, 2.45) is 5.84 Å². The van der Waals surface area contributed by atoms with Crippen molar-refractivity contribution in [3.8, 4) is 0 Å². The molecule has 0 aromatic heterocycles. The highest BCUT2D eigenvalue weighted by Crippen LogP contribution is 2.29. The Labute approximate surface area is 96.6 Å². The van der Waals surface area contributed by atoms with Gasteiger partial charge >= 0.3 is 0 Å². The van der Waals surface area contributed by atoms with Crippen LogP contribution in [-0.2, 0) is 0 Å². The van der Waals surface area contributed by atoms with Gasteiger partial charge in [-0.1, -0.05) is 12.1 Å². The number of nitrogens with two attached hydrogens (primary N) is 1. The Bertz CT molecular complexity index is 664. The Balaban J connectivity index is 2.48. The van der Waals surface area contributed by atoms with Crippen molar-refractivity contribution in [2.75, 3.05) is 5.43 Å². The molecule has 0 radical (unpaired) electrons. The van der Waals surface area contributed by atoms with Gasteiger partial charge in [0.05, 0.1) is 5.56 Å². The Kier molecular flexibility index (Phi) is 1.90. The van der Waals surface area contributed by atoms with Crippen LogP contribution in [0.15, 0.2) is 30.3 Å². The molecule has 0 fully saturated rings. The highest BCUT2D eigenvalue weighted by atomic mass is 16.2. The number of nitrogens with one attached hydrogen (secondary N) is 2. The largest absolute Gasteiger partial charge is 0.324 e. The molecule has 1 heterocycles. The summed E-state index contributed by atoms with van der Waals surface area (Å²) in [5.74, 6) is 4.59. The number of hydrogen-bond donors (Lipinski definition) is 3. The van der Waals surface area contributed by atoms with Gasteiger partial charge in [-0.3, -0.25) is 20.7 Å². The Hall–Kier alpha value is -2.40. The van der Waals surface area contributed by atoms with Gasteiger partial charge in [-0.2, -0.15) is 0 Å². The second-order valence-electron chi connectivity index (χ2n) is 3.86. The zero-order valence-corrected chi connectivity index (χ0v) is 8.78. The van der Waals surface area contributed by atoms with Crippen molar-refractivity contribution in [3.05, 3.63) is 41.5 Å². The fourth-order valence-corrected chi connectivity index (χ4v) is 2.12. The summed E-state index contributed by atoms with van der Waals surface area (Å²) >= 11 is 0. The molecular formula is C12H9N3O2. The standard InChI is InChI=1S/C12H9N3O2/c13-15-7-4-6-2-1-3-8-10(6)9(5-7)12(17)14-11(8)16/h1-5,15H,13H2,(H,14,16,17). The first-order chi connectivity index (χ1) is 8.20. The van der Waals surface area contributed by atoms with Crippen molar-refractivity contribution in [3.63, 3.8) is 0 Å². The number of nitrogen functional groups attached to an aromatic ring is 1. The van der Waals surface area contributed by atoms with Crippen molar-refractivity contribution in [2.45, 2.75) is 0 Å². The lowest BCUT2D eigenvalue weighted by Gasteiger charge is -2.17. The Morgan fingerprint density at radius 3 is 2.59 bits per heavy atom. The van der Waals surface area contributed by atoms with E-state index >= 15 is 0 Å². The summed E-state index contributed by atoms with van der Waals surface area (Å²) in [5.41, 5.74) is 4.12. The predicted molar refractivity (Wildman–Crippen MR) is 63.6 cm³/mol. The van der Waals surface area contributed by atoms with E-state index in [1.807, 2.05) is 6.07 Å². The smallest absolute Gasteiger partial charge is 0.258 e. The van der Waals surface area contributed by atoms with Crippen molar-refractivity contribution < 1.29 is 9.59 Å². The zero-order valence-electron chi connectivity index (χ0n) is 8.78. The summed E-state index contributed by atoms with van der Waals surface area (Å²) in [7, 11) is 0. The van der Waals surface area contributed by atoms with Crippen LogP contribution in [0.25, 0.3) is 10.8 Å². The fraction of sp³-hybridized carbons (Fsp3) is 0. The van der Waals surface area contributed by atoms with Crippen LogP contribution < -0.4 is 16.6 Å². The Morgan fingerprint density at radius 1 is 1.06 bits per heavy atom. The van der Waals surface area contributed by atoms with E-state index in [0.29, 0.717) is 22.2 Å². The fourth-order valence-electron chi connectivity index (χ4n) is 2.12. The van der Waals surface area contributed by atoms with Crippen molar-refractivity contribution in [1.82, 2.24) is 5.32 Å². The van der Waals surface area contributed by atoms with Gasteiger partial charge in [0.1, 0.15) is 0 Å². The number of hydrogen-bond acceptors (Lipinski definition) is 4. The number of hydrazine groups is 1. The van der Waals surface area contributed by atoms with E-state index in [9.17, 15) is 9.59 Å². The minimum absolute atomic E-state index is 0.360. The topological polar surface area (TPSA) is 84.2 Å². The van der Waals surface area contributed by atoms with Crippen molar-refractivity contribution >= 4 is 28.3 Å². The molecule has 1 aliphatic rings. The third-order valence-electron chi connectivity index (χ3n) is 2.86. The maximum absolute atomic E-state index is 11.8. The van der Waals surface area contributed by atoms with E-state index in [4.69, 9.17) is 5.84 Å². The minimum atomic E-state index is -0.393. The highest BCUT2D eigenvalue weighted by molar-refractivity contribution is 6.26. The molecule has 0 aliphatic carbocycles. The van der Waals surface area contributed by atoms with Gasteiger partial charge in [0, 0.05) is 16.6 Å². The van der Waals surface area contributed by atoms with E-state index < -0.39 is 5.91 Å². The van der Waals surface area contributed by atoms with Crippen molar-refractivity contribution in [1.29, 1.82) is 0 Å². The summed E-state index contributed by atoms with van der Waals surface area (Å²) in [6.07, 6.45) is 0. The summed E-state index contributed by atoms with van der Waals surface area (Å²) in [6, 6.07) is 8.75. The molecule has 0 bridgehead atoms. The van der Waals surface area contributed by atoms with E-state index in [0.717, 1.165) is 5.39 Å². The van der Waals surface area contributed by atoms with Crippen LogP contribution in [0.3, 0.4) is 0 Å². The number of rotatable bonds is 1. The van der Waals surface area contributed by atoms with Gasteiger partial charge < -0.3 is 5.43 Å². The van der Waals surface area contributed by atoms with Crippen LogP contribution in [0.5, 0.6) is 0 Å². The molecule has 1 aliphatic heterocycles. The number of imide groups is 1. The molecule has 0 spiro atoms. The lowest BCUT2D eigenvalue weighted by atomic mass is 9.95. The normalized spacial score (nSPS) is 13.7. The first kappa shape index (κ1) is 9.80. The molecule has 4 N–H and O–H groups in total. The number of carbonyl (C=O) groups excluding carboxylic acids is 2. The average Bonchev–Trinajstić information content (AvgIpc) is 2.35. The second-order valence-corrected chi connectivity index (χ2v) is 3.86. The van der Waals surface area contributed by atoms with E-state index in [-0.39, 0.29) is 5.91 Å². The summed E-state index contributed by atoms with van der Waals surface area (Å²) in [6.45, 7) is 0. The number of amides is 2. The van der Waals surface area contributed by atoms with Crippen LogP contribution in [0, 0.1) is 0 Å². The van der Waals surface area contributed by atoms with Gasteiger partial charge in [0.15, 0.2) is 0 Å². The molecule has 84 valence electrons. The number of benzene rings is 2. The predicted octanol–water partition coefficient (Wildman–Crippen LogP) is 1.01. The lowest BCUT2D eigenvalue weighted by Crippen LogP contribution is -2.34. The van der Waals surface area contributed by atoms with E-state index in [2.05, 4.69) is 10.7 Å². The number of anilines is 1. The molecule has 2 amide bonds. The molecule has 2 aromatic rings. The quantitative estimate of drug-likeness (QED) is 0.385. The SMILES string of the molecule is NNc1cc2c3c(cccc3c1)C(=O)NC2=O. The molecule has 17 heavy (non-hydrogen) atoms.